The van der Waals surface area contributed by atoms with E-state index in [9.17, 15) is 13.6 Å². The minimum absolute atomic E-state index is 0.0891. The molecule has 7 heteroatoms. The highest BCUT2D eigenvalue weighted by molar-refractivity contribution is 7.11. The third-order valence-corrected chi connectivity index (χ3v) is 4.95. The van der Waals surface area contributed by atoms with Crippen molar-refractivity contribution in [3.63, 3.8) is 0 Å². The Balaban J connectivity index is 1.51. The van der Waals surface area contributed by atoms with Crippen molar-refractivity contribution >= 4 is 17.4 Å². The second-order valence-corrected chi connectivity index (χ2v) is 6.97. The maximum absolute atomic E-state index is 13.7. The van der Waals surface area contributed by atoms with Crippen molar-refractivity contribution in [1.29, 1.82) is 0 Å². The largest absolute Gasteiger partial charge is 0.335 e. The molecule has 1 aliphatic rings. The van der Waals surface area contributed by atoms with Crippen molar-refractivity contribution < 1.29 is 13.6 Å². The highest BCUT2D eigenvalue weighted by Crippen LogP contribution is 2.41. The Kier molecular flexibility index (Phi) is 4.30. The first kappa shape index (κ1) is 15.9. The Morgan fingerprint density at radius 1 is 1.39 bits per heavy atom. The van der Waals surface area contributed by atoms with Crippen molar-refractivity contribution in [3.8, 4) is 0 Å². The minimum atomic E-state index is -0.593. The van der Waals surface area contributed by atoms with Crippen LogP contribution in [0.1, 0.15) is 33.5 Å². The van der Waals surface area contributed by atoms with E-state index < -0.39 is 11.6 Å². The van der Waals surface area contributed by atoms with Crippen LogP contribution in [0.3, 0.4) is 0 Å². The van der Waals surface area contributed by atoms with Crippen LogP contribution in [-0.2, 0) is 6.54 Å². The van der Waals surface area contributed by atoms with Crippen LogP contribution in [0.15, 0.2) is 18.2 Å². The molecule has 0 radical (unpaired) electrons. The highest BCUT2D eigenvalue weighted by atomic mass is 32.1. The summed E-state index contributed by atoms with van der Waals surface area (Å²) in [6.07, 6.45) is 0.661. The summed E-state index contributed by atoms with van der Waals surface area (Å²) in [4.78, 5) is 17.2. The molecule has 1 aliphatic carbocycles. The lowest BCUT2D eigenvalue weighted by Crippen LogP contribution is -2.36. The lowest BCUT2D eigenvalue weighted by atomic mass is 10.1. The van der Waals surface area contributed by atoms with E-state index in [0.717, 1.165) is 21.6 Å². The number of carbonyl (C=O) groups excluding carboxylic acids is 1. The van der Waals surface area contributed by atoms with Gasteiger partial charge in [0.25, 0.3) is 0 Å². The molecule has 1 heterocycles. The summed E-state index contributed by atoms with van der Waals surface area (Å²) in [5.74, 6) is -1.24. The number of nitrogens with zero attached hydrogens (tertiary/aromatic N) is 1. The third-order valence-electron chi connectivity index (χ3n) is 3.88. The van der Waals surface area contributed by atoms with Gasteiger partial charge < -0.3 is 10.6 Å². The van der Waals surface area contributed by atoms with E-state index >= 15 is 0 Å². The van der Waals surface area contributed by atoms with E-state index in [-0.39, 0.29) is 18.0 Å². The zero-order chi connectivity index (χ0) is 16.6. The summed E-state index contributed by atoms with van der Waals surface area (Å²) in [6, 6.07) is 3.16. The number of rotatable bonds is 4. The fraction of sp³-hybridized carbons (Fsp3) is 0.375. The van der Waals surface area contributed by atoms with Gasteiger partial charge in [-0.2, -0.15) is 0 Å². The zero-order valence-electron chi connectivity index (χ0n) is 12.8. The summed E-state index contributed by atoms with van der Waals surface area (Å²) in [5.41, 5.74) is 1.37. The highest BCUT2D eigenvalue weighted by Gasteiger charge is 2.41. The van der Waals surface area contributed by atoms with Crippen molar-refractivity contribution in [1.82, 2.24) is 15.6 Å². The Morgan fingerprint density at radius 2 is 2.17 bits per heavy atom. The molecule has 0 saturated heterocycles. The molecule has 2 aromatic rings. The summed E-state index contributed by atoms with van der Waals surface area (Å²) in [6.45, 7) is 4.26. The number of hydrogen-bond donors (Lipinski definition) is 2. The molecule has 0 bridgehead atoms. The molecule has 2 unspecified atom stereocenters. The number of thiazole rings is 1. The fourth-order valence-corrected chi connectivity index (χ4v) is 3.49. The zero-order valence-corrected chi connectivity index (χ0v) is 13.6. The van der Waals surface area contributed by atoms with Gasteiger partial charge in [-0.25, -0.2) is 18.6 Å². The minimum Gasteiger partial charge on any atom is -0.335 e. The smallest absolute Gasteiger partial charge is 0.315 e. The fourth-order valence-electron chi connectivity index (χ4n) is 2.62. The number of aryl methyl sites for hydroxylation is 2. The molecule has 3 rings (SSSR count). The van der Waals surface area contributed by atoms with Crippen LogP contribution in [0.4, 0.5) is 13.6 Å². The van der Waals surface area contributed by atoms with E-state index in [2.05, 4.69) is 15.6 Å². The normalized spacial score (nSPS) is 19.5. The SMILES string of the molecule is Cc1nc(C)c(CNC(=O)NC2CC2c2ccc(F)cc2F)s1. The molecule has 0 aliphatic heterocycles. The molecule has 23 heavy (non-hydrogen) atoms. The van der Waals surface area contributed by atoms with Gasteiger partial charge in [0, 0.05) is 22.9 Å². The van der Waals surface area contributed by atoms with E-state index in [1.807, 2.05) is 13.8 Å². The number of nitrogens with one attached hydrogen (secondary N) is 2. The number of aromatic nitrogens is 1. The molecule has 2 amide bonds. The Morgan fingerprint density at radius 3 is 2.83 bits per heavy atom. The molecular weight excluding hydrogens is 320 g/mol. The third kappa shape index (κ3) is 3.67. The van der Waals surface area contributed by atoms with E-state index in [0.29, 0.717) is 18.5 Å². The first-order chi connectivity index (χ1) is 10.9. The number of halogens is 2. The van der Waals surface area contributed by atoms with Gasteiger partial charge in [0.1, 0.15) is 11.6 Å². The van der Waals surface area contributed by atoms with Crippen LogP contribution in [0.2, 0.25) is 0 Å². The molecule has 0 spiro atoms. The van der Waals surface area contributed by atoms with Crippen LogP contribution in [0, 0.1) is 25.5 Å². The molecular formula is C16H17F2N3OS. The van der Waals surface area contributed by atoms with E-state index in [1.165, 1.54) is 12.1 Å². The Hall–Kier alpha value is -2.02. The first-order valence-corrected chi connectivity index (χ1v) is 8.18. The quantitative estimate of drug-likeness (QED) is 0.898. The van der Waals surface area contributed by atoms with Crippen LogP contribution in [-0.4, -0.2) is 17.1 Å². The summed E-state index contributed by atoms with van der Waals surface area (Å²) < 4.78 is 26.6. The Labute approximate surface area is 136 Å². The van der Waals surface area contributed by atoms with E-state index in [1.54, 1.807) is 11.3 Å². The Bertz CT molecular complexity index is 747. The first-order valence-electron chi connectivity index (χ1n) is 7.36. The van der Waals surface area contributed by atoms with Crippen LogP contribution < -0.4 is 10.6 Å². The van der Waals surface area contributed by atoms with Crippen molar-refractivity contribution in [2.75, 3.05) is 0 Å². The molecule has 1 aromatic heterocycles. The second-order valence-electron chi connectivity index (χ2n) is 5.68. The maximum atomic E-state index is 13.7. The van der Waals surface area contributed by atoms with Crippen molar-refractivity contribution in [2.45, 2.75) is 38.8 Å². The van der Waals surface area contributed by atoms with Crippen LogP contribution in [0.25, 0.3) is 0 Å². The number of benzene rings is 1. The van der Waals surface area contributed by atoms with Gasteiger partial charge in [-0.1, -0.05) is 6.07 Å². The van der Waals surface area contributed by atoms with Crippen LogP contribution in [0.5, 0.6) is 0 Å². The number of urea groups is 1. The predicted molar refractivity (Wildman–Crippen MR) is 84.5 cm³/mol. The van der Waals surface area contributed by atoms with Crippen molar-refractivity contribution in [3.05, 3.63) is 51.0 Å². The summed E-state index contributed by atoms with van der Waals surface area (Å²) >= 11 is 1.55. The summed E-state index contributed by atoms with van der Waals surface area (Å²) in [5, 5.41) is 6.57. The van der Waals surface area contributed by atoms with Gasteiger partial charge >= 0.3 is 6.03 Å². The maximum Gasteiger partial charge on any atom is 0.315 e. The number of amides is 2. The number of carbonyl (C=O) groups is 1. The van der Waals surface area contributed by atoms with Gasteiger partial charge in [-0.05, 0) is 31.9 Å². The lowest BCUT2D eigenvalue weighted by molar-refractivity contribution is 0.240. The topological polar surface area (TPSA) is 54.0 Å². The molecule has 1 aromatic carbocycles. The second kappa shape index (κ2) is 6.23. The van der Waals surface area contributed by atoms with E-state index in [4.69, 9.17) is 0 Å². The van der Waals surface area contributed by atoms with Gasteiger partial charge in [0.05, 0.1) is 17.2 Å². The predicted octanol–water partition coefficient (Wildman–Crippen LogP) is 3.39. The lowest BCUT2D eigenvalue weighted by Gasteiger charge is -2.07. The average Bonchev–Trinajstić information content (AvgIpc) is 3.13. The molecule has 2 atom stereocenters. The molecule has 1 fully saturated rings. The number of hydrogen-bond acceptors (Lipinski definition) is 3. The average molecular weight is 337 g/mol. The summed E-state index contributed by atoms with van der Waals surface area (Å²) in [7, 11) is 0. The van der Waals surface area contributed by atoms with Crippen LogP contribution >= 0.6 is 11.3 Å². The standard InChI is InChI=1S/C16H17F2N3OS/c1-8-15(23-9(2)20-8)7-19-16(22)21-14-6-12(14)11-4-3-10(17)5-13(11)18/h3-5,12,14H,6-7H2,1-2H3,(H2,19,21,22). The van der Waals surface area contributed by atoms with Gasteiger partial charge in [0.2, 0.25) is 0 Å². The molecule has 1 saturated carbocycles. The van der Waals surface area contributed by atoms with Gasteiger partial charge in [-0.15, -0.1) is 11.3 Å². The van der Waals surface area contributed by atoms with Crippen molar-refractivity contribution in [2.24, 2.45) is 0 Å². The van der Waals surface area contributed by atoms with Gasteiger partial charge in [-0.3, -0.25) is 0 Å². The monoisotopic (exact) mass is 337 g/mol. The molecule has 2 N–H and O–H groups in total. The molecule has 4 nitrogen and oxygen atoms in total. The van der Waals surface area contributed by atoms with Gasteiger partial charge in [0.15, 0.2) is 0 Å². The molecule has 122 valence electrons.